The molecule has 1 amide bonds. The van der Waals surface area contributed by atoms with Crippen molar-refractivity contribution in [2.24, 2.45) is 0 Å². The van der Waals surface area contributed by atoms with Gasteiger partial charge in [-0.2, -0.15) is 0 Å². The maximum Gasteiger partial charge on any atom is 0.254 e. The van der Waals surface area contributed by atoms with E-state index >= 15 is 0 Å². The average molecular weight is 436 g/mol. The van der Waals surface area contributed by atoms with Gasteiger partial charge >= 0.3 is 0 Å². The fourth-order valence-electron chi connectivity index (χ4n) is 4.41. The van der Waals surface area contributed by atoms with Gasteiger partial charge in [-0.1, -0.05) is 12.1 Å². The van der Waals surface area contributed by atoms with Crippen molar-refractivity contribution >= 4 is 17.4 Å². The van der Waals surface area contributed by atoms with E-state index in [1.165, 1.54) is 12.1 Å². The van der Waals surface area contributed by atoms with Crippen LogP contribution in [0.3, 0.4) is 0 Å². The van der Waals surface area contributed by atoms with Crippen LogP contribution in [0.5, 0.6) is 11.5 Å². The molecule has 0 spiro atoms. The third-order valence-electron chi connectivity index (χ3n) is 5.89. The molecule has 0 aromatic heterocycles. The summed E-state index contributed by atoms with van der Waals surface area (Å²) in [5, 5.41) is 5.93. The van der Waals surface area contributed by atoms with Crippen LogP contribution < -0.4 is 20.1 Å². The van der Waals surface area contributed by atoms with Crippen molar-refractivity contribution < 1.29 is 23.5 Å². The summed E-state index contributed by atoms with van der Waals surface area (Å²) in [4.78, 5) is 26.5. The molecule has 0 saturated heterocycles. The molecule has 1 aliphatic carbocycles. The number of carbonyl (C=O) groups is 2. The van der Waals surface area contributed by atoms with Crippen LogP contribution >= 0.6 is 0 Å². The van der Waals surface area contributed by atoms with E-state index in [1.54, 1.807) is 51.5 Å². The van der Waals surface area contributed by atoms with Crippen molar-refractivity contribution in [3.63, 3.8) is 0 Å². The fraction of sp³-hybridized carbons (Fsp3) is 0.280. The molecule has 0 bridgehead atoms. The molecule has 0 saturated carbocycles. The van der Waals surface area contributed by atoms with E-state index in [-0.39, 0.29) is 11.5 Å². The predicted molar refractivity (Wildman–Crippen MR) is 119 cm³/mol. The molecule has 32 heavy (non-hydrogen) atoms. The van der Waals surface area contributed by atoms with E-state index in [4.69, 9.17) is 9.47 Å². The van der Waals surface area contributed by atoms with E-state index in [0.717, 1.165) is 12.1 Å². The topological polar surface area (TPSA) is 76.7 Å². The number of nitrogens with one attached hydrogen (secondary N) is 2. The second-order valence-electron chi connectivity index (χ2n) is 7.81. The monoisotopic (exact) mass is 436 g/mol. The number of halogens is 1. The molecular weight excluding hydrogens is 411 g/mol. The van der Waals surface area contributed by atoms with Crippen molar-refractivity contribution in [3.05, 3.63) is 76.4 Å². The number of benzene rings is 2. The number of Topliss-reactive ketones (excluding diaryl/α,β-unsaturated/α-hetero) is 1. The first-order valence-corrected chi connectivity index (χ1v) is 10.5. The van der Waals surface area contributed by atoms with Crippen LogP contribution in [-0.2, 0) is 9.59 Å². The lowest BCUT2D eigenvalue weighted by atomic mass is 9.74. The van der Waals surface area contributed by atoms with Gasteiger partial charge in [-0.25, -0.2) is 4.39 Å². The SMILES string of the molecule is COc1ccc(OC)c(C2C(C(=O)Nc3ccccc3F)=C(C)NC3=C2C(=O)CCC3)c1. The molecule has 1 unspecified atom stereocenters. The van der Waals surface area contributed by atoms with Gasteiger partial charge in [0.2, 0.25) is 0 Å². The minimum atomic E-state index is -0.670. The van der Waals surface area contributed by atoms with Gasteiger partial charge in [0, 0.05) is 34.5 Å². The zero-order chi connectivity index (χ0) is 22.8. The number of methoxy groups -OCH3 is 2. The Hall–Kier alpha value is -3.61. The van der Waals surface area contributed by atoms with E-state index in [9.17, 15) is 14.0 Å². The Kier molecular flexibility index (Phi) is 5.99. The summed E-state index contributed by atoms with van der Waals surface area (Å²) in [5.41, 5.74) is 3.04. The molecule has 0 radical (unpaired) electrons. The second kappa shape index (κ2) is 8.86. The Labute approximate surface area is 186 Å². The van der Waals surface area contributed by atoms with Crippen molar-refractivity contribution in [1.29, 1.82) is 0 Å². The minimum absolute atomic E-state index is 0.0164. The van der Waals surface area contributed by atoms with E-state index in [1.807, 2.05) is 0 Å². The molecule has 6 nitrogen and oxygen atoms in total. The Morgan fingerprint density at radius 1 is 1.12 bits per heavy atom. The van der Waals surface area contributed by atoms with E-state index < -0.39 is 17.6 Å². The summed E-state index contributed by atoms with van der Waals surface area (Å²) < 4.78 is 25.2. The van der Waals surface area contributed by atoms with Crippen LogP contribution in [-0.4, -0.2) is 25.9 Å². The third-order valence-corrected chi connectivity index (χ3v) is 5.89. The first-order valence-electron chi connectivity index (χ1n) is 10.5. The Morgan fingerprint density at radius 3 is 2.62 bits per heavy atom. The first-order chi connectivity index (χ1) is 15.4. The first kappa shape index (κ1) is 21.6. The molecule has 0 fully saturated rings. The van der Waals surface area contributed by atoms with Gasteiger partial charge in [-0.3, -0.25) is 9.59 Å². The van der Waals surface area contributed by atoms with E-state index in [0.29, 0.717) is 46.7 Å². The minimum Gasteiger partial charge on any atom is -0.497 e. The Balaban J connectivity index is 1.87. The van der Waals surface area contributed by atoms with Crippen LogP contribution in [0.2, 0.25) is 0 Å². The molecule has 2 aromatic rings. The number of dihydropyridines is 1. The summed E-state index contributed by atoms with van der Waals surface area (Å²) in [7, 11) is 3.09. The maximum absolute atomic E-state index is 14.2. The van der Waals surface area contributed by atoms with Crippen LogP contribution in [0, 0.1) is 5.82 Å². The summed E-state index contributed by atoms with van der Waals surface area (Å²) >= 11 is 0. The molecule has 2 aliphatic rings. The number of hydrogen-bond acceptors (Lipinski definition) is 5. The fourth-order valence-corrected chi connectivity index (χ4v) is 4.41. The van der Waals surface area contributed by atoms with Crippen molar-refractivity contribution in [2.45, 2.75) is 32.1 Å². The lowest BCUT2D eigenvalue weighted by Gasteiger charge is -2.35. The van der Waals surface area contributed by atoms with Crippen molar-refractivity contribution in [1.82, 2.24) is 5.32 Å². The number of hydrogen-bond donors (Lipinski definition) is 2. The third kappa shape index (κ3) is 3.86. The molecule has 166 valence electrons. The van der Waals surface area contributed by atoms with Gasteiger partial charge in [0.15, 0.2) is 5.78 Å². The zero-order valence-corrected chi connectivity index (χ0v) is 18.3. The number of ketones is 1. The van der Waals surface area contributed by atoms with Crippen LogP contribution in [0.15, 0.2) is 65.0 Å². The Morgan fingerprint density at radius 2 is 1.91 bits per heavy atom. The van der Waals surface area contributed by atoms with Gasteiger partial charge in [-0.05, 0) is 50.1 Å². The zero-order valence-electron chi connectivity index (χ0n) is 18.3. The molecule has 2 aromatic carbocycles. The van der Waals surface area contributed by atoms with Gasteiger partial charge in [-0.15, -0.1) is 0 Å². The number of allylic oxidation sites excluding steroid dienone is 3. The summed E-state index contributed by atoms with van der Waals surface area (Å²) in [6.45, 7) is 1.79. The molecule has 1 heterocycles. The highest BCUT2D eigenvalue weighted by Crippen LogP contribution is 2.46. The summed E-state index contributed by atoms with van der Waals surface area (Å²) in [6.07, 6.45) is 1.87. The predicted octanol–water partition coefficient (Wildman–Crippen LogP) is 4.45. The van der Waals surface area contributed by atoms with Gasteiger partial charge in [0.25, 0.3) is 5.91 Å². The van der Waals surface area contributed by atoms with Crippen molar-refractivity contribution in [2.75, 3.05) is 19.5 Å². The molecule has 7 heteroatoms. The number of anilines is 1. The molecule has 4 rings (SSSR count). The second-order valence-corrected chi connectivity index (χ2v) is 7.81. The smallest absolute Gasteiger partial charge is 0.254 e. The van der Waals surface area contributed by atoms with Crippen LogP contribution in [0.4, 0.5) is 10.1 Å². The van der Waals surface area contributed by atoms with Crippen LogP contribution in [0.25, 0.3) is 0 Å². The highest BCUT2D eigenvalue weighted by atomic mass is 19.1. The quantitative estimate of drug-likeness (QED) is 0.724. The molecule has 2 N–H and O–H groups in total. The highest BCUT2D eigenvalue weighted by molar-refractivity contribution is 6.10. The van der Waals surface area contributed by atoms with Gasteiger partial charge in [0.05, 0.1) is 25.8 Å². The van der Waals surface area contributed by atoms with Gasteiger partial charge in [0.1, 0.15) is 17.3 Å². The lowest BCUT2D eigenvalue weighted by Crippen LogP contribution is -2.35. The average Bonchev–Trinajstić information content (AvgIpc) is 2.79. The Bertz CT molecular complexity index is 1150. The number of carbonyl (C=O) groups excluding carboxylic acids is 2. The maximum atomic E-state index is 14.2. The largest absolute Gasteiger partial charge is 0.497 e. The normalized spacial score (nSPS) is 18.1. The van der Waals surface area contributed by atoms with Crippen molar-refractivity contribution in [3.8, 4) is 11.5 Å². The molecular formula is C25H25FN2O4. The summed E-state index contributed by atoms with van der Waals surface area (Å²) in [5.74, 6) is -0.594. The number of para-hydroxylation sites is 1. The van der Waals surface area contributed by atoms with Crippen LogP contribution in [0.1, 0.15) is 37.7 Å². The standard InChI is InChI=1S/C25H25FN2O4/c1-14-22(25(30)28-18-8-5-4-7-17(18)26)23(24-19(27-14)9-6-10-20(24)29)16-13-15(31-2)11-12-21(16)32-3/h4-5,7-8,11-13,23,27H,6,9-10H2,1-3H3,(H,28,30). The van der Waals surface area contributed by atoms with E-state index in [2.05, 4.69) is 10.6 Å². The lowest BCUT2D eigenvalue weighted by molar-refractivity contribution is -0.116. The highest BCUT2D eigenvalue weighted by Gasteiger charge is 2.40. The van der Waals surface area contributed by atoms with Gasteiger partial charge < -0.3 is 20.1 Å². The molecule has 1 aliphatic heterocycles. The number of rotatable bonds is 5. The number of amides is 1. The molecule has 1 atom stereocenters. The summed E-state index contributed by atoms with van der Waals surface area (Å²) in [6, 6.07) is 11.3. The number of ether oxygens (including phenoxy) is 2.